The first-order chi connectivity index (χ1) is 12.1. The highest BCUT2D eigenvalue weighted by Gasteiger charge is 2.18. The van der Waals surface area contributed by atoms with Crippen LogP contribution in [0.1, 0.15) is 44.1 Å². The van der Waals surface area contributed by atoms with E-state index in [2.05, 4.69) is 31.8 Å². The molecule has 1 fully saturated rings. The molecule has 1 saturated carbocycles. The normalized spacial score (nSPS) is 16.8. The fourth-order valence-corrected chi connectivity index (χ4v) is 3.34. The number of fused-ring (bicyclic) bond motifs is 1. The number of hydrogen-bond donors (Lipinski definition) is 2. The van der Waals surface area contributed by atoms with Crippen LogP contribution >= 0.6 is 15.9 Å². The van der Waals surface area contributed by atoms with Gasteiger partial charge >= 0.3 is 0 Å². The third kappa shape index (κ3) is 4.94. The summed E-state index contributed by atoms with van der Waals surface area (Å²) in [4.78, 5) is 23.7. The molecule has 0 spiro atoms. The van der Waals surface area contributed by atoms with Gasteiger partial charge in [0.25, 0.3) is 0 Å². The molecule has 25 heavy (non-hydrogen) atoms. The van der Waals surface area contributed by atoms with Crippen LogP contribution in [0.15, 0.2) is 21.7 Å². The zero-order valence-corrected chi connectivity index (χ0v) is 15.3. The maximum absolute atomic E-state index is 11.9. The summed E-state index contributed by atoms with van der Waals surface area (Å²) < 4.78 is 11.3. The summed E-state index contributed by atoms with van der Waals surface area (Å²) >= 11 is 3.41. The van der Waals surface area contributed by atoms with Crippen LogP contribution in [0.3, 0.4) is 0 Å². The van der Waals surface area contributed by atoms with Crippen LogP contribution < -0.4 is 20.2 Å². The van der Waals surface area contributed by atoms with E-state index in [0.717, 1.165) is 35.7 Å². The van der Waals surface area contributed by atoms with E-state index in [9.17, 15) is 9.59 Å². The molecule has 0 atom stereocenters. The summed E-state index contributed by atoms with van der Waals surface area (Å²) in [6, 6.07) is 3.74. The molecule has 3 rings (SSSR count). The summed E-state index contributed by atoms with van der Waals surface area (Å²) in [6.07, 6.45) is 6.72. The van der Waals surface area contributed by atoms with Crippen LogP contribution in [0.4, 0.5) is 0 Å². The third-order valence-electron chi connectivity index (χ3n) is 4.18. The number of halogens is 1. The van der Waals surface area contributed by atoms with Gasteiger partial charge in [0, 0.05) is 16.1 Å². The molecule has 134 valence electrons. The molecule has 1 aliphatic carbocycles. The SMILES string of the molecule is O=C(CC(=O)NC1CCCCC1)NN=Cc1cc2c(cc1Br)OCO2. The van der Waals surface area contributed by atoms with Crippen LogP contribution in [0.5, 0.6) is 11.5 Å². The Bertz CT molecular complexity index is 687. The van der Waals surface area contributed by atoms with Gasteiger partial charge < -0.3 is 14.8 Å². The van der Waals surface area contributed by atoms with E-state index in [1.165, 1.54) is 12.6 Å². The van der Waals surface area contributed by atoms with Crippen LogP contribution in [0.2, 0.25) is 0 Å². The number of ether oxygens (including phenoxy) is 2. The summed E-state index contributed by atoms with van der Waals surface area (Å²) in [6.45, 7) is 0.190. The van der Waals surface area contributed by atoms with Gasteiger partial charge in [-0.25, -0.2) is 5.43 Å². The predicted octanol–water partition coefficient (Wildman–Crippen LogP) is 2.47. The Hall–Kier alpha value is -2.09. The molecule has 1 aromatic carbocycles. The average molecular weight is 410 g/mol. The molecule has 8 heteroatoms. The van der Waals surface area contributed by atoms with Crippen molar-refractivity contribution in [2.45, 2.75) is 44.6 Å². The van der Waals surface area contributed by atoms with Crippen molar-refractivity contribution in [1.82, 2.24) is 10.7 Å². The average Bonchev–Trinajstić information content (AvgIpc) is 3.02. The van der Waals surface area contributed by atoms with Crippen molar-refractivity contribution < 1.29 is 19.1 Å². The summed E-state index contributed by atoms with van der Waals surface area (Å²) in [5, 5.41) is 6.80. The van der Waals surface area contributed by atoms with Crippen LogP contribution in [0.25, 0.3) is 0 Å². The molecule has 0 bridgehead atoms. The monoisotopic (exact) mass is 409 g/mol. The second kappa shape index (κ2) is 8.33. The lowest BCUT2D eigenvalue weighted by molar-refractivity contribution is -0.129. The molecular weight excluding hydrogens is 390 g/mol. The lowest BCUT2D eigenvalue weighted by Gasteiger charge is -2.22. The number of nitrogens with one attached hydrogen (secondary N) is 2. The minimum atomic E-state index is -0.443. The van der Waals surface area contributed by atoms with Gasteiger partial charge in [-0.3, -0.25) is 9.59 Å². The summed E-state index contributed by atoms with van der Waals surface area (Å²) in [5.74, 6) is 0.584. The fourth-order valence-electron chi connectivity index (χ4n) is 2.92. The van der Waals surface area contributed by atoms with E-state index in [0.29, 0.717) is 11.5 Å². The molecule has 2 N–H and O–H groups in total. The van der Waals surface area contributed by atoms with Crippen LogP contribution in [-0.4, -0.2) is 30.9 Å². The predicted molar refractivity (Wildman–Crippen MR) is 95.6 cm³/mol. The van der Waals surface area contributed by atoms with Gasteiger partial charge in [0.05, 0.1) is 6.21 Å². The highest BCUT2D eigenvalue weighted by Crippen LogP contribution is 2.36. The quantitative estimate of drug-likeness (QED) is 0.444. The number of hydrogen-bond acceptors (Lipinski definition) is 5. The van der Waals surface area contributed by atoms with Gasteiger partial charge in [-0.15, -0.1) is 0 Å². The van der Waals surface area contributed by atoms with Gasteiger partial charge in [-0.2, -0.15) is 5.10 Å². The van der Waals surface area contributed by atoms with Gasteiger partial charge in [0.2, 0.25) is 18.6 Å². The molecule has 0 radical (unpaired) electrons. The second-order valence-electron chi connectivity index (χ2n) is 6.10. The van der Waals surface area contributed by atoms with Crippen LogP contribution in [-0.2, 0) is 9.59 Å². The van der Waals surface area contributed by atoms with E-state index in [4.69, 9.17) is 9.47 Å². The standard InChI is InChI=1S/C17H20BrN3O4/c18-13-7-15-14(24-10-25-15)6-11(13)9-19-21-17(23)8-16(22)20-12-4-2-1-3-5-12/h6-7,9,12H,1-5,8,10H2,(H,20,22)(H,21,23). The second-order valence-corrected chi connectivity index (χ2v) is 6.95. The lowest BCUT2D eigenvalue weighted by Crippen LogP contribution is -2.38. The molecule has 2 aliphatic rings. The van der Waals surface area contributed by atoms with Crippen molar-refractivity contribution in [1.29, 1.82) is 0 Å². The number of benzene rings is 1. The van der Waals surface area contributed by atoms with Crippen molar-refractivity contribution in [2.24, 2.45) is 5.10 Å². The third-order valence-corrected chi connectivity index (χ3v) is 4.86. The van der Waals surface area contributed by atoms with E-state index in [1.807, 2.05) is 0 Å². The highest BCUT2D eigenvalue weighted by molar-refractivity contribution is 9.10. The lowest BCUT2D eigenvalue weighted by atomic mass is 9.95. The molecule has 1 aromatic rings. The Kier molecular flexibility index (Phi) is 5.91. The number of carbonyl (C=O) groups is 2. The largest absolute Gasteiger partial charge is 0.454 e. The smallest absolute Gasteiger partial charge is 0.249 e. The van der Waals surface area contributed by atoms with Crippen molar-refractivity contribution in [3.05, 3.63) is 22.2 Å². The number of rotatable bonds is 5. The Morgan fingerprint density at radius 2 is 1.88 bits per heavy atom. The first kappa shape index (κ1) is 17.7. The summed E-state index contributed by atoms with van der Waals surface area (Å²) in [7, 11) is 0. The molecule has 0 saturated heterocycles. The Balaban J connectivity index is 1.47. The fraction of sp³-hybridized carbons (Fsp3) is 0.471. The van der Waals surface area contributed by atoms with Gasteiger partial charge in [0.1, 0.15) is 6.42 Å². The maximum atomic E-state index is 11.9. The molecule has 0 aromatic heterocycles. The van der Waals surface area contributed by atoms with Gasteiger partial charge in [-0.05, 0) is 40.9 Å². The zero-order chi connectivity index (χ0) is 17.6. The molecule has 1 heterocycles. The van der Waals surface area contributed by atoms with Crippen LogP contribution in [0, 0.1) is 0 Å². The minimum Gasteiger partial charge on any atom is -0.454 e. The van der Waals surface area contributed by atoms with Crippen molar-refractivity contribution in [2.75, 3.05) is 6.79 Å². The maximum Gasteiger partial charge on any atom is 0.249 e. The molecule has 0 unspecified atom stereocenters. The van der Waals surface area contributed by atoms with Gasteiger partial charge in [0.15, 0.2) is 11.5 Å². The Morgan fingerprint density at radius 3 is 2.64 bits per heavy atom. The molecular formula is C17H20BrN3O4. The van der Waals surface area contributed by atoms with Crippen molar-refractivity contribution >= 4 is 34.0 Å². The number of carbonyl (C=O) groups excluding carboxylic acids is 2. The van der Waals surface area contributed by atoms with Crippen molar-refractivity contribution in [3.8, 4) is 11.5 Å². The van der Waals surface area contributed by atoms with E-state index < -0.39 is 5.91 Å². The molecule has 1 aliphatic heterocycles. The van der Waals surface area contributed by atoms with E-state index >= 15 is 0 Å². The Labute approximate surface area is 154 Å². The van der Waals surface area contributed by atoms with Crippen molar-refractivity contribution in [3.63, 3.8) is 0 Å². The minimum absolute atomic E-state index is 0.190. The topological polar surface area (TPSA) is 89.0 Å². The first-order valence-electron chi connectivity index (χ1n) is 8.32. The number of hydrazone groups is 1. The zero-order valence-electron chi connectivity index (χ0n) is 13.7. The molecule has 2 amide bonds. The summed E-state index contributed by atoms with van der Waals surface area (Å²) in [5.41, 5.74) is 3.10. The first-order valence-corrected chi connectivity index (χ1v) is 9.11. The van der Waals surface area contributed by atoms with E-state index in [-0.39, 0.29) is 25.2 Å². The number of amides is 2. The Morgan fingerprint density at radius 1 is 1.16 bits per heavy atom. The van der Waals surface area contributed by atoms with E-state index in [1.54, 1.807) is 12.1 Å². The molecule has 7 nitrogen and oxygen atoms in total. The highest BCUT2D eigenvalue weighted by atomic mass is 79.9. The van der Waals surface area contributed by atoms with Gasteiger partial charge in [-0.1, -0.05) is 19.3 Å². The number of nitrogens with zero attached hydrogens (tertiary/aromatic N) is 1.